The van der Waals surface area contributed by atoms with Gasteiger partial charge < -0.3 is 4.90 Å². The van der Waals surface area contributed by atoms with Gasteiger partial charge >= 0.3 is 0 Å². The van der Waals surface area contributed by atoms with E-state index in [-0.39, 0.29) is 10.5 Å². The lowest BCUT2D eigenvalue weighted by molar-refractivity contribution is 0.0759. The number of primary sulfonamides is 1. The zero-order chi connectivity index (χ0) is 14.6. The fraction of sp³-hybridized carbons (Fsp3) is 0.417. The number of hydrogen-bond acceptors (Lipinski definition) is 3. The summed E-state index contributed by atoms with van der Waals surface area (Å²) in [5, 5.41) is 4.90. The minimum absolute atomic E-state index is 0.150. The number of benzene rings is 1. The third-order valence-electron chi connectivity index (χ3n) is 2.66. The standard InChI is InChI=1S/C12H17FN2O3S/c1-3-7-15(4-2)12(16)10-6-5-9(8-11(10)13)19(14,17)18/h5-6,8H,3-4,7H2,1-2H3,(H2,14,17,18). The van der Waals surface area contributed by atoms with E-state index >= 15 is 0 Å². The molecular formula is C12H17FN2O3S. The molecule has 0 saturated heterocycles. The maximum atomic E-state index is 13.8. The molecule has 0 spiro atoms. The number of sulfonamides is 1. The Morgan fingerprint density at radius 2 is 2.00 bits per heavy atom. The molecule has 1 aromatic carbocycles. The average Bonchev–Trinajstić information content (AvgIpc) is 2.34. The van der Waals surface area contributed by atoms with Gasteiger partial charge in [0.05, 0.1) is 10.5 Å². The Morgan fingerprint density at radius 3 is 2.42 bits per heavy atom. The van der Waals surface area contributed by atoms with E-state index in [9.17, 15) is 17.6 Å². The van der Waals surface area contributed by atoms with Crippen molar-refractivity contribution in [2.45, 2.75) is 25.2 Å². The van der Waals surface area contributed by atoms with Gasteiger partial charge in [-0.2, -0.15) is 0 Å². The highest BCUT2D eigenvalue weighted by atomic mass is 32.2. The number of carbonyl (C=O) groups is 1. The third-order valence-corrected chi connectivity index (χ3v) is 3.57. The van der Waals surface area contributed by atoms with Gasteiger partial charge in [0.1, 0.15) is 5.82 Å². The second-order valence-electron chi connectivity index (χ2n) is 4.07. The Morgan fingerprint density at radius 1 is 1.37 bits per heavy atom. The van der Waals surface area contributed by atoms with Gasteiger partial charge in [-0.3, -0.25) is 4.79 Å². The highest BCUT2D eigenvalue weighted by Gasteiger charge is 2.19. The van der Waals surface area contributed by atoms with Crippen LogP contribution in [-0.4, -0.2) is 32.3 Å². The van der Waals surface area contributed by atoms with Crippen LogP contribution in [0.5, 0.6) is 0 Å². The summed E-state index contributed by atoms with van der Waals surface area (Å²) in [6.07, 6.45) is 0.760. The summed E-state index contributed by atoms with van der Waals surface area (Å²) in [6, 6.07) is 3.05. The molecule has 7 heteroatoms. The quantitative estimate of drug-likeness (QED) is 0.888. The molecule has 0 aromatic heterocycles. The minimum atomic E-state index is -3.97. The van der Waals surface area contributed by atoms with Crippen LogP contribution in [-0.2, 0) is 10.0 Å². The van der Waals surface area contributed by atoms with E-state index in [1.807, 2.05) is 6.92 Å². The molecule has 2 N–H and O–H groups in total. The molecule has 1 rings (SSSR count). The van der Waals surface area contributed by atoms with Crippen LogP contribution in [0.4, 0.5) is 4.39 Å². The number of carbonyl (C=O) groups excluding carboxylic acids is 1. The molecule has 106 valence electrons. The molecule has 0 atom stereocenters. The Labute approximate surface area is 112 Å². The van der Waals surface area contributed by atoms with Gasteiger partial charge in [0.15, 0.2) is 0 Å². The number of nitrogens with zero attached hydrogens (tertiary/aromatic N) is 1. The van der Waals surface area contributed by atoms with Crippen molar-refractivity contribution < 1.29 is 17.6 Å². The Balaban J connectivity index is 3.12. The van der Waals surface area contributed by atoms with Crippen molar-refractivity contribution in [1.29, 1.82) is 0 Å². The molecule has 0 heterocycles. The topological polar surface area (TPSA) is 80.5 Å². The van der Waals surface area contributed by atoms with Crippen molar-refractivity contribution in [2.75, 3.05) is 13.1 Å². The van der Waals surface area contributed by atoms with Gasteiger partial charge in [-0.1, -0.05) is 6.92 Å². The zero-order valence-corrected chi connectivity index (χ0v) is 11.7. The van der Waals surface area contributed by atoms with Crippen LogP contribution in [0.25, 0.3) is 0 Å². The molecule has 0 fully saturated rings. The van der Waals surface area contributed by atoms with E-state index < -0.39 is 21.7 Å². The van der Waals surface area contributed by atoms with E-state index in [1.54, 1.807) is 6.92 Å². The summed E-state index contributed by atoms with van der Waals surface area (Å²) in [5.41, 5.74) is -0.150. The lowest BCUT2D eigenvalue weighted by Gasteiger charge is -2.20. The lowest BCUT2D eigenvalue weighted by Crippen LogP contribution is -2.32. The summed E-state index contributed by atoms with van der Waals surface area (Å²) in [7, 11) is -3.97. The van der Waals surface area contributed by atoms with E-state index in [2.05, 4.69) is 0 Å². The second-order valence-corrected chi connectivity index (χ2v) is 5.63. The van der Waals surface area contributed by atoms with Crippen molar-refractivity contribution in [1.82, 2.24) is 4.90 Å². The summed E-state index contributed by atoms with van der Waals surface area (Å²) >= 11 is 0. The van der Waals surface area contributed by atoms with Crippen LogP contribution in [0, 0.1) is 5.82 Å². The SMILES string of the molecule is CCCN(CC)C(=O)c1ccc(S(N)(=O)=O)cc1F. The van der Waals surface area contributed by atoms with Gasteiger partial charge in [-0.15, -0.1) is 0 Å². The van der Waals surface area contributed by atoms with Crippen LogP contribution in [0.1, 0.15) is 30.6 Å². The molecule has 0 radical (unpaired) electrons. The highest BCUT2D eigenvalue weighted by molar-refractivity contribution is 7.89. The first-order valence-electron chi connectivity index (χ1n) is 5.92. The largest absolute Gasteiger partial charge is 0.339 e. The van der Waals surface area contributed by atoms with E-state index in [1.165, 1.54) is 4.90 Å². The van der Waals surface area contributed by atoms with E-state index in [0.717, 1.165) is 24.6 Å². The van der Waals surface area contributed by atoms with Gasteiger partial charge in [-0.05, 0) is 31.5 Å². The predicted octanol–water partition coefficient (Wildman–Crippen LogP) is 1.35. The van der Waals surface area contributed by atoms with E-state index in [0.29, 0.717) is 13.1 Å². The van der Waals surface area contributed by atoms with Gasteiger partial charge in [0.25, 0.3) is 5.91 Å². The van der Waals surface area contributed by atoms with Crippen molar-refractivity contribution in [3.63, 3.8) is 0 Å². The average molecular weight is 288 g/mol. The first kappa shape index (κ1) is 15.6. The molecule has 0 aliphatic carbocycles. The van der Waals surface area contributed by atoms with E-state index in [4.69, 9.17) is 5.14 Å². The molecule has 0 aliphatic heterocycles. The summed E-state index contributed by atoms with van der Waals surface area (Å²) < 4.78 is 35.9. The van der Waals surface area contributed by atoms with Gasteiger partial charge in [-0.25, -0.2) is 17.9 Å². The number of halogens is 1. The zero-order valence-electron chi connectivity index (χ0n) is 10.9. The van der Waals surface area contributed by atoms with Gasteiger partial charge in [0.2, 0.25) is 10.0 Å². The van der Waals surface area contributed by atoms with Crippen LogP contribution in [0.15, 0.2) is 23.1 Å². The van der Waals surface area contributed by atoms with Crippen LogP contribution in [0.3, 0.4) is 0 Å². The van der Waals surface area contributed by atoms with Crippen LogP contribution >= 0.6 is 0 Å². The smallest absolute Gasteiger partial charge is 0.256 e. The van der Waals surface area contributed by atoms with Gasteiger partial charge in [0, 0.05) is 13.1 Å². The molecule has 1 aromatic rings. The van der Waals surface area contributed by atoms with Crippen molar-refractivity contribution in [2.24, 2.45) is 5.14 Å². The Kier molecular flexibility index (Phi) is 5.02. The van der Waals surface area contributed by atoms with Crippen LogP contribution in [0.2, 0.25) is 0 Å². The molecule has 0 bridgehead atoms. The summed E-state index contributed by atoms with van der Waals surface area (Å²) in [4.78, 5) is 13.2. The fourth-order valence-electron chi connectivity index (χ4n) is 1.69. The monoisotopic (exact) mass is 288 g/mol. The van der Waals surface area contributed by atoms with Crippen molar-refractivity contribution >= 4 is 15.9 Å². The maximum Gasteiger partial charge on any atom is 0.256 e. The number of hydrogen-bond donors (Lipinski definition) is 1. The van der Waals surface area contributed by atoms with Crippen LogP contribution < -0.4 is 5.14 Å². The predicted molar refractivity (Wildman–Crippen MR) is 69.6 cm³/mol. The molecule has 1 amide bonds. The third kappa shape index (κ3) is 3.74. The minimum Gasteiger partial charge on any atom is -0.339 e. The normalized spacial score (nSPS) is 11.4. The first-order valence-corrected chi connectivity index (χ1v) is 7.47. The first-order chi connectivity index (χ1) is 8.81. The number of rotatable bonds is 5. The molecule has 0 saturated carbocycles. The Bertz CT molecular complexity index is 572. The molecule has 0 unspecified atom stereocenters. The molecule has 5 nitrogen and oxygen atoms in total. The fourth-order valence-corrected chi connectivity index (χ4v) is 2.22. The Hall–Kier alpha value is -1.47. The number of nitrogens with two attached hydrogens (primary N) is 1. The lowest BCUT2D eigenvalue weighted by atomic mass is 10.2. The highest BCUT2D eigenvalue weighted by Crippen LogP contribution is 2.15. The molecular weight excluding hydrogens is 271 g/mol. The summed E-state index contributed by atoms with van der Waals surface area (Å²) in [6.45, 7) is 4.69. The molecule has 19 heavy (non-hydrogen) atoms. The van der Waals surface area contributed by atoms with Crippen molar-refractivity contribution in [3.8, 4) is 0 Å². The van der Waals surface area contributed by atoms with Crippen molar-refractivity contribution in [3.05, 3.63) is 29.6 Å². The number of amides is 1. The summed E-state index contributed by atoms with van der Waals surface area (Å²) in [5.74, 6) is -1.34. The molecule has 0 aliphatic rings. The maximum absolute atomic E-state index is 13.8. The second kappa shape index (κ2) is 6.12.